The molecule has 0 amide bonds. The summed E-state index contributed by atoms with van der Waals surface area (Å²) in [7, 11) is 0. The van der Waals surface area contributed by atoms with Crippen LogP contribution in [0.25, 0.3) is 0 Å². The molecule has 0 bridgehead atoms. The van der Waals surface area contributed by atoms with Crippen molar-refractivity contribution in [2.45, 2.75) is 19.9 Å². The predicted octanol–water partition coefficient (Wildman–Crippen LogP) is 5.83. The molecule has 2 aromatic rings. The lowest BCUT2D eigenvalue weighted by Gasteiger charge is -2.19. The second-order valence-corrected chi connectivity index (χ2v) is 6.21. The van der Waals surface area contributed by atoms with Crippen LogP contribution in [0.3, 0.4) is 0 Å². The first-order valence-electron chi connectivity index (χ1n) is 5.95. The smallest absolute Gasteiger partial charge is 0.128 e. The van der Waals surface area contributed by atoms with Gasteiger partial charge in [-0.1, -0.05) is 37.9 Å². The van der Waals surface area contributed by atoms with Gasteiger partial charge in [0.05, 0.1) is 6.04 Å². The van der Waals surface area contributed by atoms with Gasteiger partial charge in [-0.25, -0.2) is 4.39 Å². The highest BCUT2D eigenvalue weighted by Crippen LogP contribution is 2.29. The van der Waals surface area contributed by atoms with E-state index in [0.717, 1.165) is 20.2 Å². The molecule has 1 N–H and O–H groups in total. The summed E-state index contributed by atoms with van der Waals surface area (Å²) in [5.41, 5.74) is 2.76. The van der Waals surface area contributed by atoms with Gasteiger partial charge in [0.25, 0.3) is 0 Å². The Labute approximate surface area is 129 Å². The Bertz CT molecular complexity index is 599. The maximum Gasteiger partial charge on any atom is 0.128 e. The summed E-state index contributed by atoms with van der Waals surface area (Å²) >= 11 is 6.87. The highest BCUT2D eigenvalue weighted by atomic mass is 79.9. The fourth-order valence-corrected chi connectivity index (χ4v) is 2.67. The van der Waals surface area contributed by atoms with Crippen molar-refractivity contribution in [3.05, 3.63) is 62.3 Å². The van der Waals surface area contributed by atoms with Crippen molar-refractivity contribution in [2.24, 2.45) is 0 Å². The van der Waals surface area contributed by atoms with Crippen LogP contribution in [0.4, 0.5) is 10.1 Å². The Morgan fingerprint density at radius 3 is 2.63 bits per heavy atom. The topological polar surface area (TPSA) is 12.0 Å². The van der Waals surface area contributed by atoms with Crippen LogP contribution >= 0.6 is 31.9 Å². The summed E-state index contributed by atoms with van der Waals surface area (Å²) < 4.78 is 15.8. The number of hydrogen-bond acceptors (Lipinski definition) is 1. The van der Waals surface area contributed by atoms with Crippen LogP contribution in [0, 0.1) is 12.7 Å². The predicted molar refractivity (Wildman–Crippen MR) is 85.0 cm³/mol. The third-order valence-electron chi connectivity index (χ3n) is 3.06. The van der Waals surface area contributed by atoms with E-state index >= 15 is 0 Å². The fraction of sp³-hybridized carbons (Fsp3) is 0.200. The van der Waals surface area contributed by atoms with E-state index in [1.54, 1.807) is 12.1 Å². The number of benzene rings is 2. The Morgan fingerprint density at radius 1 is 1.16 bits per heavy atom. The van der Waals surface area contributed by atoms with E-state index < -0.39 is 0 Å². The molecule has 2 aromatic carbocycles. The van der Waals surface area contributed by atoms with Gasteiger partial charge in [0.1, 0.15) is 5.82 Å². The molecule has 0 heterocycles. The zero-order valence-electron chi connectivity index (χ0n) is 10.7. The van der Waals surface area contributed by atoms with Gasteiger partial charge in [-0.3, -0.25) is 0 Å². The molecule has 19 heavy (non-hydrogen) atoms. The van der Waals surface area contributed by atoms with Gasteiger partial charge in [-0.2, -0.15) is 0 Å². The molecule has 0 spiro atoms. The van der Waals surface area contributed by atoms with E-state index in [1.165, 1.54) is 6.07 Å². The summed E-state index contributed by atoms with van der Waals surface area (Å²) in [6.07, 6.45) is 0. The van der Waals surface area contributed by atoms with E-state index in [-0.39, 0.29) is 11.9 Å². The Hall–Kier alpha value is -0.870. The fourth-order valence-electron chi connectivity index (χ4n) is 1.92. The molecule has 2 rings (SSSR count). The summed E-state index contributed by atoms with van der Waals surface area (Å²) in [6, 6.07) is 10.8. The van der Waals surface area contributed by atoms with Gasteiger partial charge in [-0.05, 0) is 49.7 Å². The maximum absolute atomic E-state index is 13.8. The molecule has 1 nitrogen and oxygen atoms in total. The lowest BCUT2D eigenvalue weighted by atomic mass is 10.1. The van der Waals surface area contributed by atoms with Crippen molar-refractivity contribution in [1.82, 2.24) is 0 Å². The van der Waals surface area contributed by atoms with Crippen molar-refractivity contribution in [3.63, 3.8) is 0 Å². The largest absolute Gasteiger partial charge is 0.378 e. The summed E-state index contributed by atoms with van der Waals surface area (Å²) in [5.74, 6) is -0.198. The van der Waals surface area contributed by atoms with E-state index in [0.29, 0.717) is 5.56 Å². The summed E-state index contributed by atoms with van der Waals surface area (Å²) in [6.45, 7) is 3.97. The minimum atomic E-state index is -0.198. The van der Waals surface area contributed by atoms with Gasteiger partial charge < -0.3 is 5.32 Å². The monoisotopic (exact) mass is 385 g/mol. The molecule has 0 aromatic heterocycles. The van der Waals surface area contributed by atoms with Crippen LogP contribution in [0.1, 0.15) is 24.1 Å². The molecule has 0 saturated carbocycles. The molecule has 0 aliphatic rings. The van der Waals surface area contributed by atoms with E-state index in [4.69, 9.17) is 0 Å². The number of anilines is 1. The van der Waals surface area contributed by atoms with Gasteiger partial charge >= 0.3 is 0 Å². The standard InChI is InChI=1S/C15H14Br2FN/c1-9-13(17)4-3-5-15(9)19-10(2)12-8-11(16)6-7-14(12)18/h3-8,10,19H,1-2H3. The van der Waals surface area contributed by atoms with Gasteiger partial charge in [0, 0.05) is 20.2 Å². The second-order valence-electron chi connectivity index (χ2n) is 4.44. The first-order valence-corrected chi connectivity index (χ1v) is 7.54. The molecule has 0 fully saturated rings. The molecule has 4 heteroatoms. The molecule has 100 valence electrons. The van der Waals surface area contributed by atoms with Crippen LogP contribution in [0.5, 0.6) is 0 Å². The van der Waals surface area contributed by atoms with Crippen molar-refractivity contribution < 1.29 is 4.39 Å². The Balaban J connectivity index is 2.28. The SMILES string of the molecule is Cc1c(Br)cccc1NC(C)c1cc(Br)ccc1F. The third-order valence-corrected chi connectivity index (χ3v) is 4.42. The quantitative estimate of drug-likeness (QED) is 0.699. The normalized spacial score (nSPS) is 12.3. The van der Waals surface area contributed by atoms with Gasteiger partial charge in [0.2, 0.25) is 0 Å². The highest BCUT2D eigenvalue weighted by Gasteiger charge is 2.12. The summed E-state index contributed by atoms with van der Waals surface area (Å²) in [5, 5.41) is 3.34. The highest BCUT2D eigenvalue weighted by molar-refractivity contribution is 9.10. The van der Waals surface area contributed by atoms with Crippen molar-refractivity contribution in [3.8, 4) is 0 Å². The van der Waals surface area contributed by atoms with Crippen LogP contribution in [0.15, 0.2) is 45.3 Å². The number of halogens is 3. The van der Waals surface area contributed by atoms with Crippen molar-refractivity contribution >= 4 is 37.5 Å². The molecule has 1 atom stereocenters. The Kier molecular flexibility index (Phi) is 4.63. The molecular weight excluding hydrogens is 373 g/mol. The number of hydrogen-bond donors (Lipinski definition) is 1. The number of rotatable bonds is 3. The lowest BCUT2D eigenvalue weighted by molar-refractivity contribution is 0.600. The van der Waals surface area contributed by atoms with Crippen molar-refractivity contribution in [2.75, 3.05) is 5.32 Å². The average molecular weight is 387 g/mol. The van der Waals surface area contributed by atoms with E-state index in [1.807, 2.05) is 32.0 Å². The van der Waals surface area contributed by atoms with Crippen LogP contribution in [0.2, 0.25) is 0 Å². The van der Waals surface area contributed by atoms with E-state index in [9.17, 15) is 4.39 Å². The van der Waals surface area contributed by atoms with Crippen LogP contribution < -0.4 is 5.32 Å². The zero-order valence-corrected chi connectivity index (χ0v) is 13.8. The first kappa shape index (κ1) is 14.5. The molecule has 0 aliphatic carbocycles. The molecule has 0 aliphatic heterocycles. The molecule has 0 radical (unpaired) electrons. The van der Waals surface area contributed by atoms with Gasteiger partial charge in [-0.15, -0.1) is 0 Å². The van der Waals surface area contributed by atoms with Crippen molar-refractivity contribution in [1.29, 1.82) is 0 Å². The molecule has 0 saturated heterocycles. The molecule has 1 unspecified atom stereocenters. The third kappa shape index (κ3) is 3.37. The molecular formula is C15H14Br2FN. The van der Waals surface area contributed by atoms with Crippen LogP contribution in [-0.4, -0.2) is 0 Å². The Morgan fingerprint density at radius 2 is 1.89 bits per heavy atom. The van der Waals surface area contributed by atoms with E-state index in [2.05, 4.69) is 37.2 Å². The minimum absolute atomic E-state index is 0.106. The average Bonchev–Trinajstić information content (AvgIpc) is 2.38. The first-order chi connectivity index (χ1) is 8.99. The maximum atomic E-state index is 13.8. The zero-order chi connectivity index (χ0) is 14.0. The second kappa shape index (κ2) is 6.06. The van der Waals surface area contributed by atoms with Crippen LogP contribution in [-0.2, 0) is 0 Å². The lowest BCUT2D eigenvalue weighted by Crippen LogP contribution is -2.09. The minimum Gasteiger partial charge on any atom is -0.378 e. The summed E-state index contributed by atoms with van der Waals surface area (Å²) in [4.78, 5) is 0. The van der Waals surface area contributed by atoms with Gasteiger partial charge in [0.15, 0.2) is 0 Å². The number of nitrogens with one attached hydrogen (secondary N) is 1.